The van der Waals surface area contributed by atoms with E-state index in [0.29, 0.717) is 28.0 Å². The van der Waals surface area contributed by atoms with Gasteiger partial charge in [-0.2, -0.15) is 11.8 Å². The molecule has 0 aliphatic rings. The van der Waals surface area contributed by atoms with E-state index < -0.39 is 0 Å². The Morgan fingerprint density at radius 2 is 1.65 bits per heavy atom. The zero-order valence-corrected chi connectivity index (χ0v) is 21.3. The summed E-state index contributed by atoms with van der Waals surface area (Å²) >= 11 is 14.1. The Hall–Kier alpha value is -2.73. The van der Waals surface area contributed by atoms with Gasteiger partial charge in [-0.1, -0.05) is 70.7 Å². The second-order valence-electron chi connectivity index (χ2n) is 8.08. The van der Waals surface area contributed by atoms with Crippen LogP contribution in [-0.2, 0) is 5.75 Å². The molecule has 3 aromatic carbocycles. The predicted molar refractivity (Wildman–Crippen MR) is 143 cm³/mol. The molecule has 0 fully saturated rings. The first kappa shape index (κ1) is 24.4. The van der Waals surface area contributed by atoms with E-state index in [1.54, 1.807) is 28.9 Å². The van der Waals surface area contributed by atoms with E-state index in [1.165, 1.54) is 16.7 Å². The molecule has 0 aliphatic carbocycles. The molecule has 0 bridgehead atoms. The zero-order chi connectivity index (χ0) is 24.1. The summed E-state index contributed by atoms with van der Waals surface area (Å²) in [5.74, 6) is 1.28. The summed E-state index contributed by atoms with van der Waals surface area (Å²) in [6.45, 7) is 4.74. The lowest BCUT2D eigenvalue weighted by Gasteiger charge is -2.11. The maximum absolute atomic E-state index is 12.8. The third-order valence-corrected chi connectivity index (χ3v) is 7.11. The highest BCUT2D eigenvalue weighted by molar-refractivity contribution is 7.98. The Labute approximate surface area is 214 Å². The number of carbonyl (C=O) groups is 1. The zero-order valence-electron chi connectivity index (χ0n) is 19.0. The molecule has 0 saturated heterocycles. The molecule has 1 N–H and O–H groups in total. The highest BCUT2D eigenvalue weighted by Crippen LogP contribution is 2.28. The smallest absolute Gasteiger partial charge is 0.269 e. The van der Waals surface area contributed by atoms with Crippen molar-refractivity contribution in [3.05, 3.63) is 106 Å². The number of aryl methyl sites for hydroxylation is 2. The number of carbonyl (C=O) groups excluding carboxylic acids is 1. The van der Waals surface area contributed by atoms with Gasteiger partial charge in [0.05, 0.1) is 12.5 Å². The number of hydrogen-bond donors (Lipinski definition) is 1. The number of halogens is 2. The van der Waals surface area contributed by atoms with Crippen LogP contribution in [0.5, 0.6) is 0 Å². The van der Waals surface area contributed by atoms with Crippen molar-refractivity contribution >= 4 is 40.9 Å². The van der Waals surface area contributed by atoms with Crippen LogP contribution < -0.4 is 5.32 Å². The number of aromatic nitrogens is 2. The average Bonchev–Trinajstić information content (AvgIpc) is 3.30. The summed E-state index contributed by atoms with van der Waals surface area (Å²) < 4.78 is 1.80. The van der Waals surface area contributed by atoms with Gasteiger partial charge < -0.3 is 5.32 Å². The highest BCUT2D eigenvalue weighted by Gasteiger charge is 2.13. The van der Waals surface area contributed by atoms with Gasteiger partial charge in [-0.05, 0) is 54.8 Å². The van der Waals surface area contributed by atoms with Crippen LogP contribution in [0, 0.1) is 13.8 Å². The second kappa shape index (κ2) is 11.1. The van der Waals surface area contributed by atoms with E-state index in [9.17, 15) is 4.79 Å². The van der Waals surface area contributed by atoms with Crippen LogP contribution in [0.4, 0.5) is 0 Å². The van der Waals surface area contributed by atoms with Gasteiger partial charge in [0, 0.05) is 33.8 Å². The average molecular weight is 510 g/mol. The summed E-state index contributed by atoms with van der Waals surface area (Å²) in [6.07, 6.45) is 3.25. The Morgan fingerprint density at radius 1 is 0.971 bits per heavy atom. The van der Waals surface area contributed by atoms with E-state index in [-0.39, 0.29) is 5.91 Å². The molecule has 0 atom stereocenters. The van der Waals surface area contributed by atoms with Gasteiger partial charge in [0.15, 0.2) is 0 Å². The SMILES string of the molecule is Cc1cc(C)cc(-c2ccc(-n3cncc3C(=O)NCCSCc3c(Cl)cccc3Cl)cc2)c1. The molecule has 0 aliphatic heterocycles. The number of imidazole rings is 1. The van der Waals surface area contributed by atoms with Gasteiger partial charge >= 0.3 is 0 Å². The van der Waals surface area contributed by atoms with Gasteiger partial charge in [0.2, 0.25) is 0 Å². The number of rotatable bonds is 8. The van der Waals surface area contributed by atoms with Gasteiger partial charge in [0.1, 0.15) is 5.69 Å². The summed E-state index contributed by atoms with van der Waals surface area (Å²) in [7, 11) is 0. The van der Waals surface area contributed by atoms with Gasteiger partial charge in [-0.3, -0.25) is 9.36 Å². The van der Waals surface area contributed by atoms with Crippen LogP contribution in [0.25, 0.3) is 16.8 Å². The molecule has 1 amide bonds. The largest absolute Gasteiger partial charge is 0.350 e. The number of amides is 1. The number of hydrogen-bond acceptors (Lipinski definition) is 3. The van der Waals surface area contributed by atoms with Crippen molar-refractivity contribution in [2.24, 2.45) is 0 Å². The Morgan fingerprint density at radius 3 is 2.32 bits per heavy atom. The molecule has 1 aromatic heterocycles. The monoisotopic (exact) mass is 509 g/mol. The summed E-state index contributed by atoms with van der Waals surface area (Å²) in [5.41, 5.74) is 7.10. The molecule has 0 unspecified atom stereocenters. The molecule has 34 heavy (non-hydrogen) atoms. The van der Waals surface area contributed by atoms with Crippen molar-refractivity contribution in [3.63, 3.8) is 0 Å². The number of thioether (sulfide) groups is 1. The predicted octanol–water partition coefficient (Wildman–Crippen LogP) is 7.13. The van der Waals surface area contributed by atoms with Gasteiger partial charge in [-0.25, -0.2) is 4.98 Å². The minimum absolute atomic E-state index is 0.160. The minimum Gasteiger partial charge on any atom is -0.350 e. The van der Waals surface area contributed by atoms with Crippen molar-refractivity contribution in [2.75, 3.05) is 12.3 Å². The molecule has 0 radical (unpaired) electrons. The topological polar surface area (TPSA) is 46.9 Å². The van der Waals surface area contributed by atoms with Gasteiger partial charge in [0.25, 0.3) is 5.91 Å². The summed E-state index contributed by atoms with van der Waals surface area (Å²) in [5, 5.41) is 4.30. The Bertz CT molecular complexity index is 1260. The minimum atomic E-state index is -0.160. The molecule has 4 aromatic rings. The molecular weight excluding hydrogens is 485 g/mol. The standard InChI is InChI=1S/C27H25Cl2N3OS/c1-18-12-19(2)14-21(13-18)20-6-8-22(9-7-20)32-17-30-15-26(32)27(33)31-10-11-34-16-23-24(28)4-3-5-25(23)29/h3-9,12-15,17H,10-11,16H2,1-2H3,(H,31,33). The fraction of sp³-hybridized carbons (Fsp3) is 0.185. The maximum Gasteiger partial charge on any atom is 0.269 e. The summed E-state index contributed by atoms with van der Waals surface area (Å²) in [6, 6.07) is 20.2. The molecule has 1 heterocycles. The first-order chi connectivity index (χ1) is 16.4. The van der Waals surface area contributed by atoms with Crippen molar-refractivity contribution < 1.29 is 4.79 Å². The van der Waals surface area contributed by atoms with Crippen LogP contribution in [0.15, 0.2) is 73.2 Å². The molecular formula is C27H25Cl2N3OS. The number of nitrogens with one attached hydrogen (secondary N) is 1. The van der Waals surface area contributed by atoms with Crippen LogP contribution in [0.1, 0.15) is 27.2 Å². The second-order valence-corrected chi connectivity index (χ2v) is 10.0. The molecule has 0 spiro atoms. The van der Waals surface area contributed by atoms with Crippen molar-refractivity contribution in [1.29, 1.82) is 0 Å². The quantitative estimate of drug-likeness (QED) is 0.257. The first-order valence-corrected chi connectivity index (χ1v) is 12.8. The fourth-order valence-electron chi connectivity index (χ4n) is 3.80. The molecule has 4 rings (SSSR count). The third kappa shape index (κ3) is 5.84. The van der Waals surface area contributed by atoms with E-state index in [0.717, 1.165) is 22.6 Å². The van der Waals surface area contributed by atoms with Crippen molar-refractivity contribution in [2.45, 2.75) is 19.6 Å². The van der Waals surface area contributed by atoms with Crippen molar-refractivity contribution in [3.8, 4) is 16.8 Å². The molecule has 4 nitrogen and oxygen atoms in total. The van der Waals surface area contributed by atoms with Crippen LogP contribution in [0.2, 0.25) is 10.0 Å². The highest BCUT2D eigenvalue weighted by atomic mass is 35.5. The lowest BCUT2D eigenvalue weighted by molar-refractivity contribution is 0.0949. The lowest BCUT2D eigenvalue weighted by atomic mass is 10.0. The Kier molecular flexibility index (Phi) is 7.99. The number of benzene rings is 3. The molecule has 7 heteroatoms. The van der Waals surface area contributed by atoms with E-state index in [4.69, 9.17) is 23.2 Å². The van der Waals surface area contributed by atoms with E-state index in [2.05, 4.69) is 54.5 Å². The van der Waals surface area contributed by atoms with Crippen molar-refractivity contribution in [1.82, 2.24) is 14.9 Å². The van der Waals surface area contributed by atoms with Gasteiger partial charge in [-0.15, -0.1) is 0 Å². The normalized spacial score (nSPS) is 10.9. The molecule has 174 valence electrons. The van der Waals surface area contributed by atoms with Crippen LogP contribution in [-0.4, -0.2) is 27.8 Å². The Balaban J connectivity index is 1.36. The fourth-order valence-corrected chi connectivity index (χ4v) is 5.39. The third-order valence-electron chi connectivity index (χ3n) is 5.41. The van der Waals surface area contributed by atoms with Crippen LogP contribution >= 0.6 is 35.0 Å². The number of nitrogens with zero attached hydrogens (tertiary/aromatic N) is 2. The lowest BCUT2D eigenvalue weighted by Crippen LogP contribution is -2.27. The summed E-state index contributed by atoms with van der Waals surface area (Å²) in [4.78, 5) is 17.0. The van der Waals surface area contributed by atoms with E-state index in [1.807, 2.05) is 30.3 Å². The molecule has 0 saturated carbocycles. The first-order valence-electron chi connectivity index (χ1n) is 10.9. The maximum atomic E-state index is 12.8. The van der Waals surface area contributed by atoms with E-state index >= 15 is 0 Å². The van der Waals surface area contributed by atoms with Crippen LogP contribution in [0.3, 0.4) is 0 Å².